The zero-order valence-electron chi connectivity index (χ0n) is 7.42. The van der Waals surface area contributed by atoms with E-state index in [-0.39, 0.29) is 0 Å². The van der Waals surface area contributed by atoms with E-state index in [0.29, 0.717) is 10.7 Å². The van der Waals surface area contributed by atoms with Gasteiger partial charge in [-0.2, -0.15) is 0 Å². The van der Waals surface area contributed by atoms with Crippen molar-refractivity contribution < 1.29 is 5.11 Å². The maximum atomic E-state index is 9.88. The number of aliphatic hydroxyl groups is 1. The van der Waals surface area contributed by atoms with Crippen LogP contribution in [0.2, 0.25) is 0 Å². The average molecular weight is 206 g/mol. The zero-order chi connectivity index (χ0) is 9.97. The Labute approximate surface area is 85.8 Å². The van der Waals surface area contributed by atoms with Gasteiger partial charge in [0.1, 0.15) is 11.1 Å². The van der Waals surface area contributed by atoms with Gasteiger partial charge in [-0.25, -0.2) is 4.98 Å². The molecule has 1 aromatic carbocycles. The normalized spacial score (nSPS) is 12.6. The minimum atomic E-state index is -0.643. The van der Waals surface area contributed by atoms with Crippen molar-refractivity contribution in [3.05, 3.63) is 46.4 Å². The van der Waals surface area contributed by atoms with Gasteiger partial charge in [0, 0.05) is 17.3 Å². The summed E-state index contributed by atoms with van der Waals surface area (Å²) in [6, 6.07) is 7.15. The third-order valence-corrected chi connectivity index (χ3v) is 2.77. The topological polar surface area (TPSA) is 59.1 Å². The van der Waals surface area contributed by atoms with Crippen molar-refractivity contribution >= 4 is 17.0 Å². The van der Waals surface area contributed by atoms with Crippen LogP contribution in [-0.2, 0) is 0 Å². The van der Waals surface area contributed by atoms with Crippen LogP contribution in [0.25, 0.3) is 0 Å². The Bertz CT molecular complexity index is 397. The standard InChI is InChI=1S/C10H10N2OS/c11-8-3-1-7(2-4-8)9(13)10-12-5-6-14-10/h1-6,9,13H,11H2. The Morgan fingerprint density at radius 3 is 2.57 bits per heavy atom. The summed E-state index contributed by atoms with van der Waals surface area (Å²) in [4.78, 5) is 4.05. The van der Waals surface area contributed by atoms with E-state index < -0.39 is 6.10 Å². The lowest BCUT2D eigenvalue weighted by molar-refractivity contribution is 0.220. The highest BCUT2D eigenvalue weighted by Crippen LogP contribution is 2.23. The maximum absolute atomic E-state index is 9.88. The van der Waals surface area contributed by atoms with Crippen molar-refractivity contribution in [2.45, 2.75) is 6.10 Å². The number of aromatic nitrogens is 1. The van der Waals surface area contributed by atoms with Crippen molar-refractivity contribution in [3.63, 3.8) is 0 Å². The molecule has 0 amide bonds. The molecule has 0 saturated heterocycles. The molecule has 1 aromatic heterocycles. The highest BCUT2D eigenvalue weighted by Gasteiger charge is 2.11. The van der Waals surface area contributed by atoms with E-state index in [0.717, 1.165) is 5.56 Å². The van der Waals surface area contributed by atoms with Crippen LogP contribution in [0.5, 0.6) is 0 Å². The second-order valence-electron chi connectivity index (χ2n) is 2.94. The SMILES string of the molecule is Nc1ccc(C(O)c2nccs2)cc1. The molecule has 0 aliphatic carbocycles. The van der Waals surface area contributed by atoms with Crippen molar-refractivity contribution in [2.24, 2.45) is 0 Å². The van der Waals surface area contributed by atoms with Gasteiger partial charge in [-0.1, -0.05) is 12.1 Å². The van der Waals surface area contributed by atoms with E-state index in [9.17, 15) is 5.11 Å². The molecule has 0 fully saturated rings. The molecule has 3 N–H and O–H groups in total. The Kier molecular flexibility index (Phi) is 2.47. The molecule has 0 spiro atoms. The first kappa shape index (κ1) is 9.18. The number of benzene rings is 1. The summed E-state index contributed by atoms with van der Waals surface area (Å²) >= 11 is 1.44. The van der Waals surface area contributed by atoms with Gasteiger partial charge in [0.15, 0.2) is 0 Å². The molecular formula is C10H10N2OS. The van der Waals surface area contributed by atoms with E-state index >= 15 is 0 Å². The first-order chi connectivity index (χ1) is 6.77. The molecule has 0 aliphatic rings. The van der Waals surface area contributed by atoms with Crippen LogP contribution in [0.1, 0.15) is 16.7 Å². The number of anilines is 1. The monoisotopic (exact) mass is 206 g/mol. The molecule has 0 bridgehead atoms. The van der Waals surface area contributed by atoms with Gasteiger partial charge in [-0.15, -0.1) is 11.3 Å². The highest BCUT2D eigenvalue weighted by molar-refractivity contribution is 7.09. The Morgan fingerprint density at radius 1 is 1.29 bits per heavy atom. The molecule has 2 aromatic rings. The molecule has 72 valence electrons. The number of nitrogen functional groups attached to an aromatic ring is 1. The second-order valence-corrected chi connectivity index (χ2v) is 3.87. The van der Waals surface area contributed by atoms with Crippen molar-refractivity contribution in [2.75, 3.05) is 5.73 Å². The molecule has 1 unspecified atom stereocenters. The predicted octanol–water partition coefficient (Wildman–Crippen LogP) is 1.81. The van der Waals surface area contributed by atoms with E-state index in [1.165, 1.54) is 11.3 Å². The Balaban J connectivity index is 2.28. The largest absolute Gasteiger partial charge is 0.399 e. The molecule has 3 nitrogen and oxygen atoms in total. The van der Waals surface area contributed by atoms with Gasteiger partial charge in [0.25, 0.3) is 0 Å². The van der Waals surface area contributed by atoms with E-state index in [1.54, 1.807) is 30.5 Å². The summed E-state index contributed by atoms with van der Waals surface area (Å²) in [5, 5.41) is 12.4. The molecule has 14 heavy (non-hydrogen) atoms. The zero-order valence-corrected chi connectivity index (χ0v) is 8.24. The number of nitrogens with zero attached hydrogens (tertiary/aromatic N) is 1. The summed E-state index contributed by atoms with van der Waals surface area (Å²) < 4.78 is 0. The van der Waals surface area contributed by atoms with Crippen molar-refractivity contribution in [1.29, 1.82) is 0 Å². The maximum Gasteiger partial charge on any atom is 0.131 e. The van der Waals surface area contributed by atoms with Gasteiger partial charge in [-0.3, -0.25) is 0 Å². The van der Waals surface area contributed by atoms with Gasteiger partial charge in [-0.05, 0) is 17.7 Å². The van der Waals surface area contributed by atoms with Gasteiger partial charge in [0.05, 0.1) is 0 Å². The van der Waals surface area contributed by atoms with Crippen LogP contribution in [0.4, 0.5) is 5.69 Å². The van der Waals surface area contributed by atoms with E-state index in [2.05, 4.69) is 4.98 Å². The number of aliphatic hydroxyl groups excluding tert-OH is 1. The molecule has 0 aliphatic heterocycles. The predicted molar refractivity (Wildman–Crippen MR) is 57.0 cm³/mol. The first-order valence-corrected chi connectivity index (χ1v) is 5.08. The number of hydrogen-bond acceptors (Lipinski definition) is 4. The van der Waals surface area contributed by atoms with E-state index in [1.807, 2.05) is 5.38 Å². The summed E-state index contributed by atoms with van der Waals surface area (Å²) in [6.07, 6.45) is 1.04. The molecule has 0 saturated carbocycles. The van der Waals surface area contributed by atoms with Gasteiger partial charge >= 0.3 is 0 Å². The summed E-state index contributed by atoms with van der Waals surface area (Å²) in [5.41, 5.74) is 7.06. The lowest BCUT2D eigenvalue weighted by atomic mass is 10.1. The molecule has 1 heterocycles. The molecule has 1 atom stereocenters. The van der Waals surface area contributed by atoms with E-state index in [4.69, 9.17) is 5.73 Å². The number of thiazole rings is 1. The second kappa shape index (κ2) is 3.77. The van der Waals surface area contributed by atoms with Gasteiger partial charge in [0.2, 0.25) is 0 Å². The Hall–Kier alpha value is -1.39. The fraction of sp³-hybridized carbons (Fsp3) is 0.100. The fourth-order valence-electron chi connectivity index (χ4n) is 1.19. The third-order valence-electron chi connectivity index (χ3n) is 1.94. The average Bonchev–Trinajstić information content (AvgIpc) is 2.71. The number of nitrogens with two attached hydrogens (primary N) is 1. The fourth-order valence-corrected chi connectivity index (χ4v) is 1.84. The Morgan fingerprint density at radius 2 is 2.00 bits per heavy atom. The molecule has 2 rings (SSSR count). The summed E-state index contributed by atoms with van der Waals surface area (Å²) in [7, 11) is 0. The summed E-state index contributed by atoms with van der Waals surface area (Å²) in [6.45, 7) is 0. The number of hydrogen-bond donors (Lipinski definition) is 2. The smallest absolute Gasteiger partial charge is 0.131 e. The van der Waals surface area contributed by atoms with Crippen LogP contribution in [-0.4, -0.2) is 10.1 Å². The molecule has 4 heteroatoms. The van der Waals surface area contributed by atoms with Gasteiger partial charge < -0.3 is 10.8 Å². The first-order valence-electron chi connectivity index (χ1n) is 4.20. The molecular weight excluding hydrogens is 196 g/mol. The summed E-state index contributed by atoms with van der Waals surface area (Å²) in [5.74, 6) is 0. The molecule has 0 radical (unpaired) electrons. The number of rotatable bonds is 2. The van der Waals surface area contributed by atoms with Crippen molar-refractivity contribution in [3.8, 4) is 0 Å². The van der Waals surface area contributed by atoms with Crippen LogP contribution in [0.3, 0.4) is 0 Å². The van der Waals surface area contributed by atoms with Crippen LogP contribution in [0.15, 0.2) is 35.8 Å². The minimum absolute atomic E-state index is 0.643. The lowest BCUT2D eigenvalue weighted by Crippen LogP contribution is -1.98. The van der Waals surface area contributed by atoms with Crippen molar-refractivity contribution in [1.82, 2.24) is 4.98 Å². The third kappa shape index (κ3) is 1.76. The van der Waals surface area contributed by atoms with Crippen LogP contribution < -0.4 is 5.73 Å². The highest BCUT2D eigenvalue weighted by atomic mass is 32.1. The van der Waals surface area contributed by atoms with Crippen LogP contribution in [0, 0.1) is 0 Å². The van der Waals surface area contributed by atoms with Crippen LogP contribution >= 0.6 is 11.3 Å². The minimum Gasteiger partial charge on any atom is -0.399 e. The quantitative estimate of drug-likeness (QED) is 0.737. The lowest BCUT2D eigenvalue weighted by Gasteiger charge is -2.07.